The summed E-state index contributed by atoms with van der Waals surface area (Å²) in [7, 11) is 2.68. The highest BCUT2D eigenvalue weighted by Crippen LogP contribution is 2.42. The van der Waals surface area contributed by atoms with Crippen LogP contribution in [0, 0.1) is 0 Å². The molecule has 0 aliphatic rings. The second-order valence-electron chi connectivity index (χ2n) is 5.65. The Kier molecular flexibility index (Phi) is 3.40. The van der Waals surface area contributed by atoms with Crippen LogP contribution in [0.4, 0.5) is 5.69 Å². The van der Waals surface area contributed by atoms with E-state index in [1.54, 1.807) is 36.4 Å². The summed E-state index contributed by atoms with van der Waals surface area (Å²) in [6, 6.07) is 11.1. The van der Waals surface area contributed by atoms with Gasteiger partial charge in [-0.15, -0.1) is 0 Å². The third-order valence-corrected chi connectivity index (χ3v) is 6.99. The number of benzene rings is 4. The molecule has 0 atom stereocenters. The van der Waals surface area contributed by atoms with E-state index < -0.39 is 18.1 Å². The van der Waals surface area contributed by atoms with Crippen LogP contribution >= 0.6 is 21.4 Å². The van der Waals surface area contributed by atoms with Gasteiger partial charge in [0.25, 0.3) is 18.1 Å². The number of halogens is 2. The van der Waals surface area contributed by atoms with E-state index in [-0.39, 0.29) is 9.79 Å². The van der Waals surface area contributed by atoms with Gasteiger partial charge in [0.05, 0.1) is 9.79 Å². The summed E-state index contributed by atoms with van der Waals surface area (Å²) in [6.45, 7) is 0. The van der Waals surface area contributed by atoms with Crippen molar-refractivity contribution in [2.45, 2.75) is 9.79 Å². The highest BCUT2D eigenvalue weighted by atomic mass is 35.7. The first-order chi connectivity index (χ1) is 11.6. The van der Waals surface area contributed by atoms with Crippen LogP contribution in [0.5, 0.6) is 0 Å². The lowest BCUT2D eigenvalue weighted by Gasteiger charge is -2.15. The van der Waals surface area contributed by atoms with Gasteiger partial charge >= 0.3 is 0 Å². The average Bonchev–Trinajstić information content (AvgIpc) is 2.51. The van der Waals surface area contributed by atoms with Gasteiger partial charge in [0.15, 0.2) is 0 Å². The zero-order valence-electron chi connectivity index (χ0n) is 12.3. The monoisotopic (exact) mass is 413 g/mol. The van der Waals surface area contributed by atoms with E-state index in [2.05, 4.69) is 0 Å². The molecule has 4 aromatic rings. The average molecular weight is 414 g/mol. The van der Waals surface area contributed by atoms with Crippen molar-refractivity contribution in [2.24, 2.45) is 0 Å². The Morgan fingerprint density at radius 3 is 1.72 bits per heavy atom. The maximum atomic E-state index is 12.0. The fraction of sp³-hybridized carbons (Fsp3) is 0. The van der Waals surface area contributed by atoms with Crippen molar-refractivity contribution >= 4 is 77.5 Å². The minimum Gasteiger partial charge on any atom is -0.398 e. The summed E-state index contributed by atoms with van der Waals surface area (Å²) in [4.78, 5) is -0.615. The van der Waals surface area contributed by atoms with Gasteiger partial charge in [0, 0.05) is 48.6 Å². The molecule has 0 radical (unpaired) electrons. The lowest BCUT2D eigenvalue weighted by molar-refractivity contribution is 0.609. The quantitative estimate of drug-likeness (QED) is 0.304. The van der Waals surface area contributed by atoms with E-state index in [9.17, 15) is 16.8 Å². The van der Waals surface area contributed by atoms with E-state index in [1.165, 1.54) is 0 Å². The molecule has 0 aliphatic carbocycles. The van der Waals surface area contributed by atoms with E-state index in [0.29, 0.717) is 32.6 Å². The van der Waals surface area contributed by atoms with Gasteiger partial charge < -0.3 is 5.73 Å². The van der Waals surface area contributed by atoms with Crippen LogP contribution in [-0.4, -0.2) is 16.8 Å². The van der Waals surface area contributed by atoms with Crippen LogP contribution in [-0.2, 0) is 18.1 Å². The Labute approximate surface area is 152 Å². The molecule has 25 heavy (non-hydrogen) atoms. The molecule has 0 unspecified atom stereocenters. The Balaban J connectivity index is 2.45. The molecule has 0 aliphatic heterocycles. The Hall–Kier alpha value is -1.80. The van der Waals surface area contributed by atoms with Crippen LogP contribution in [0.25, 0.3) is 32.3 Å². The molecule has 0 heterocycles. The van der Waals surface area contributed by atoms with E-state index in [0.717, 1.165) is 11.5 Å². The Morgan fingerprint density at radius 2 is 1.16 bits per heavy atom. The molecule has 4 aromatic carbocycles. The molecular formula is C16H9Cl2NO4S2. The number of nitrogens with two attached hydrogens (primary N) is 1. The molecule has 0 saturated heterocycles. The normalized spacial score (nSPS) is 13.2. The van der Waals surface area contributed by atoms with Crippen molar-refractivity contribution in [3.63, 3.8) is 0 Å². The minimum absolute atomic E-state index is 0.308. The number of hydrogen-bond acceptors (Lipinski definition) is 5. The third kappa shape index (κ3) is 2.42. The smallest absolute Gasteiger partial charge is 0.261 e. The highest BCUT2D eigenvalue weighted by molar-refractivity contribution is 8.14. The van der Waals surface area contributed by atoms with Crippen molar-refractivity contribution in [1.82, 2.24) is 0 Å². The largest absolute Gasteiger partial charge is 0.398 e. The SMILES string of the molecule is Nc1ccc2ccc3c(S(=O)(=O)Cl)cc(S(=O)(=O)Cl)c4ccc1c2c34. The van der Waals surface area contributed by atoms with Crippen molar-refractivity contribution in [3.05, 3.63) is 42.5 Å². The zero-order chi connectivity index (χ0) is 18.1. The summed E-state index contributed by atoms with van der Waals surface area (Å²) in [5.74, 6) is 0. The number of nitrogen functional groups attached to an aromatic ring is 1. The van der Waals surface area contributed by atoms with Gasteiger partial charge in [-0.25, -0.2) is 16.8 Å². The number of anilines is 1. The first-order valence-corrected chi connectivity index (χ1v) is 11.6. The van der Waals surface area contributed by atoms with Crippen molar-refractivity contribution < 1.29 is 16.8 Å². The molecule has 0 bridgehead atoms. The van der Waals surface area contributed by atoms with Gasteiger partial charge in [0.2, 0.25) is 0 Å². The van der Waals surface area contributed by atoms with Crippen LogP contribution in [0.15, 0.2) is 52.3 Å². The van der Waals surface area contributed by atoms with Gasteiger partial charge in [-0.2, -0.15) is 0 Å². The molecule has 0 saturated carbocycles. The first-order valence-electron chi connectivity index (χ1n) is 6.98. The van der Waals surface area contributed by atoms with E-state index in [4.69, 9.17) is 27.1 Å². The Morgan fingerprint density at radius 1 is 0.680 bits per heavy atom. The number of hydrogen-bond donors (Lipinski definition) is 1. The lowest BCUT2D eigenvalue weighted by atomic mass is 9.93. The van der Waals surface area contributed by atoms with Crippen LogP contribution < -0.4 is 5.73 Å². The minimum atomic E-state index is -4.20. The zero-order valence-corrected chi connectivity index (χ0v) is 15.5. The van der Waals surface area contributed by atoms with Gasteiger partial charge in [-0.3, -0.25) is 0 Å². The molecule has 128 valence electrons. The first kappa shape index (κ1) is 16.7. The summed E-state index contributed by atoms with van der Waals surface area (Å²) < 4.78 is 48.1. The van der Waals surface area contributed by atoms with Gasteiger partial charge in [-0.1, -0.05) is 30.3 Å². The van der Waals surface area contributed by atoms with E-state index >= 15 is 0 Å². The second kappa shape index (κ2) is 5.11. The molecule has 0 spiro atoms. The van der Waals surface area contributed by atoms with Crippen LogP contribution in [0.2, 0.25) is 0 Å². The Bertz CT molecular complexity index is 1340. The second-order valence-corrected chi connectivity index (χ2v) is 10.7. The van der Waals surface area contributed by atoms with Crippen LogP contribution in [0.1, 0.15) is 0 Å². The fourth-order valence-corrected chi connectivity index (χ4v) is 5.48. The topological polar surface area (TPSA) is 94.3 Å². The summed E-state index contributed by atoms with van der Waals surface area (Å²) in [5.41, 5.74) is 6.52. The maximum absolute atomic E-state index is 12.0. The van der Waals surface area contributed by atoms with E-state index in [1.807, 2.05) is 0 Å². The molecule has 0 amide bonds. The van der Waals surface area contributed by atoms with Gasteiger partial charge in [0.1, 0.15) is 0 Å². The molecule has 0 aromatic heterocycles. The fourth-order valence-electron chi connectivity index (χ4n) is 3.26. The van der Waals surface area contributed by atoms with Crippen molar-refractivity contribution in [2.75, 3.05) is 5.73 Å². The standard InChI is InChI=1S/C16H9Cl2NO4S2/c17-24(20,21)13-7-14(25(18,22)23)11-5-4-9-12(19)6-2-8-1-3-10(13)16(11)15(8)9/h1-7H,19H2. The van der Waals surface area contributed by atoms with Crippen molar-refractivity contribution in [1.29, 1.82) is 0 Å². The molecular weight excluding hydrogens is 405 g/mol. The molecule has 2 N–H and O–H groups in total. The molecule has 5 nitrogen and oxygen atoms in total. The van der Waals surface area contributed by atoms with Gasteiger partial charge in [-0.05, 0) is 22.9 Å². The molecule has 0 fully saturated rings. The van der Waals surface area contributed by atoms with Crippen LogP contribution in [0.3, 0.4) is 0 Å². The third-order valence-electron chi connectivity index (χ3n) is 4.26. The summed E-state index contributed by atoms with van der Waals surface area (Å²) >= 11 is 0. The number of rotatable bonds is 2. The van der Waals surface area contributed by atoms with Crippen molar-refractivity contribution in [3.8, 4) is 0 Å². The predicted octanol–water partition coefficient (Wildman–Crippen LogP) is 4.02. The summed E-state index contributed by atoms with van der Waals surface area (Å²) in [6.07, 6.45) is 0. The molecule has 9 heteroatoms. The lowest BCUT2D eigenvalue weighted by Crippen LogP contribution is -2.01. The highest BCUT2D eigenvalue weighted by Gasteiger charge is 2.25. The maximum Gasteiger partial charge on any atom is 0.261 e. The summed E-state index contributed by atoms with van der Waals surface area (Å²) in [5, 5.41) is 3.24. The predicted molar refractivity (Wildman–Crippen MR) is 101 cm³/mol. The molecule has 4 rings (SSSR count).